The minimum Gasteiger partial charge on any atom is -0.394 e. The summed E-state index contributed by atoms with van der Waals surface area (Å²) in [6, 6.07) is 11.8. The highest BCUT2D eigenvalue weighted by Gasteiger charge is 2.35. The zero-order valence-electron chi connectivity index (χ0n) is 13.9. The molecule has 1 aliphatic rings. The molecule has 1 amide bonds. The number of nitrogens with zero attached hydrogens (tertiary/aromatic N) is 3. The number of benzene rings is 1. The Bertz CT molecular complexity index is 898. The van der Waals surface area contributed by atoms with E-state index < -0.39 is 5.54 Å². The van der Waals surface area contributed by atoms with Crippen molar-refractivity contribution in [2.45, 2.75) is 31.2 Å². The molecule has 128 valence electrons. The Morgan fingerprint density at radius 3 is 2.68 bits per heavy atom. The van der Waals surface area contributed by atoms with E-state index in [-0.39, 0.29) is 12.5 Å². The van der Waals surface area contributed by atoms with Crippen LogP contribution in [0.25, 0.3) is 16.9 Å². The molecule has 1 saturated carbocycles. The lowest BCUT2D eigenvalue weighted by Crippen LogP contribution is -2.49. The van der Waals surface area contributed by atoms with Crippen LogP contribution in [-0.2, 0) is 0 Å². The molecule has 1 aromatic carbocycles. The van der Waals surface area contributed by atoms with Crippen LogP contribution in [0, 0.1) is 0 Å². The molecule has 6 heteroatoms. The lowest BCUT2D eigenvalue weighted by Gasteiger charge is -2.27. The number of rotatable bonds is 4. The lowest BCUT2D eigenvalue weighted by molar-refractivity contribution is 0.0840. The van der Waals surface area contributed by atoms with Crippen molar-refractivity contribution in [3.63, 3.8) is 0 Å². The third-order valence-electron chi connectivity index (χ3n) is 4.96. The summed E-state index contributed by atoms with van der Waals surface area (Å²) in [4.78, 5) is 17.1. The van der Waals surface area contributed by atoms with Crippen molar-refractivity contribution in [2.75, 3.05) is 6.61 Å². The van der Waals surface area contributed by atoms with E-state index in [4.69, 9.17) is 0 Å². The van der Waals surface area contributed by atoms with Crippen LogP contribution in [0.1, 0.15) is 36.0 Å². The summed E-state index contributed by atoms with van der Waals surface area (Å²) in [5, 5.41) is 17.1. The van der Waals surface area contributed by atoms with Gasteiger partial charge in [-0.25, -0.2) is 9.50 Å². The number of hydrogen-bond acceptors (Lipinski definition) is 4. The molecule has 0 atom stereocenters. The molecule has 2 aromatic heterocycles. The van der Waals surface area contributed by atoms with Crippen molar-refractivity contribution in [3.05, 3.63) is 54.4 Å². The number of aromatic nitrogens is 3. The summed E-state index contributed by atoms with van der Waals surface area (Å²) in [5.41, 5.74) is 2.32. The van der Waals surface area contributed by atoms with E-state index >= 15 is 0 Å². The molecule has 1 aliphatic carbocycles. The number of amides is 1. The fourth-order valence-corrected chi connectivity index (χ4v) is 3.56. The summed E-state index contributed by atoms with van der Waals surface area (Å²) >= 11 is 0. The van der Waals surface area contributed by atoms with E-state index in [9.17, 15) is 9.90 Å². The molecule has 4 rings (SSSR count). The Morgan fingerprint density at radius 1 is 1.20 bits per heavy atom. The summed E-state index contributed by atoms with van der Waals surface area (Å²) < 4.78 is 1.69. The molecule has 3 aromatic rings. The molecule has 0 radical (unpaired) electrons. The van der Waals surface area contributed by atoms with Gasteiger partial charge in [0, 0.05) is 11.8 Å². The van der Waals surface area contributed by atoms with Crippen LogP contribution in [0.3, 0.4) is 0 Å². The third kappa shape index (κ3) is 2.78. The van der Waals surface area contributed by atoms with E-state index in [2.05, 4.69) is 15.4 Å². The molecule has 2 heterocycles. The highest BCUT2D eigenvalue weighted by atomic mass is 16.3. The number of nitrogens with one attached hydrogen (secondary N) is 1. The maximum absolute atomic E-state index is 12.8. The Hall–Kier alpha value is -2.73. The SMILES string of the molecule is O=C(NC1(CO)CCCC1)c1cnn2c(-c3ccccc3)ccnc12. The summed E-state index contributed by atoms with van der Waals surface area (Å²) in [7, 11) is 0. The van der Waals surface area contributed by atoms with Gasteiger partial charge in [-0.2, -0.15) is 5.10 Å². The predicted octanol–water partition coefficient (Wildman–Crippen LogP) is 2.43. The molecule has 2 N–H and O–H groups in total. The van der Waals surface area contributed by atoms with Crippen LogP contribution in [0.15, 0.2) is 48.8 Å². The first-order valence-electron chi connectivity index (χ1n) is 8.54. The van der Waals surface area contributed by atoms with E-state index in [0.29, 0.717) is 11.2 Å². The third-order valence-corrected chi connectivity index (χ3v) is 4.96. The molecule has 0 spiro atoms. The number of fused-ring (bicyclic) bond motifs is 1. The van der Waals surface area contributed by atoms with Crippen LogP contribution in [-0.4, -0.2) is 37.8 Å². The van der Waals surface area contributed by atoms with Crippen molar-refractivity contribution in [1.29, 1.82) is 0 Å². The summed E-state index contributed by atoms with van der Waals surface area (Å²) in [6.45, 7) is -0.0410. The van der Waals surface area contributed by atoms with E-state index in [1.807, 2.05) is 36.4 Å². The average Bonchev–Trinajstić information content (AvgIpc) is 3.29. The minimum absolute atomic E-state index is 0.0410. The zero-order valence-corrected chi connectivity index (χ0v) is 13.9. The molecular formula is C19H20N4O2. The summed E-state index contributed by atoms with van der Waals surface area (Å²) in [6.07, 6.45) is 6.88. The van der Waals surface area contributed by atoms with Crippen molar-refractivity contribution >= 4 is 11.6 Å². The monoisotopic (exact) mass is 336 g/mol. The number of hydrogen-bond donors (Lipinski definition) is 2. The molecule has 25 heavy (non-hydrogen) atoms. The molecule has 0 aliphatic heterocycles. The quantitative estimate of drug-likeness (QED) is 0.767. The Balaban J connectivity index is 1.71. The Morgan fingerprint density at radius 2 is 1.96 bits per heavy atom. The number of carbonyl (C=O) groups excluding carboxylic acids is 1. The van der Waals surface area contributed by atoms with Gasteiger partial charge in [-0.05, 0) is 18.9 Å². The molecular weight excluding hydrogens is 316 g/mol. The zero-order chi connectivity index (χ0) is 17.3. The van der Waals surface area contributed by atoms with Crippen molar-refractivity contribution < 1.29 is 9.90 Å². The fraction of sp³-hybridized carbons (Fsp3) is 0.316. The summed E-state index contributed by atoms with van der Waals surface area (Å²) in [5.74, 6) is -0.233. The molecule has 1 fully saturated rings. The normalized spacial score (nSPS) is 16.2. The lowest BCUT2D eigenvalue weighted by atomic mass is 9.98. The second-order valence-electron chi connectivity index (χ2n) is 6.59. The van der Waals surface area contributed by atoms with E-state index in [1.165, 1.54) is 0 Å². The largest absolute Gasteiger partial charge is 0.394 e. The number of aliphatic hydroxyl groups excluding tert-OH is 1. The van der Waals surface area contributed by atoms with Gasteiger partial charge in [0.2, 0.25) is 0 Å². The van der Waals surface area contributed by atoms with Crippen molar-refractivity contribution in [1.82, 2.24) is 19.9 Å². The van der Waals surface area contributed by atoms with Gasteiger partial charge in [0.1, 0.15) is 5.56 Å². The standard InChI is InChI=1S/C19H20N4O2/c24-13-19(9-4-5-10-19)22-18(25)15-12-21-23-16(8-11-20-17(15)23)14-6-2-1-3-7-14/h1-3,6-8,11-12,24H,4-5,9-10,13H2,(H,22,25). The van der Waals surface area contributed by atoms with Gasteiger partial charge in [0.05, 0.1) is 24.0 Å². The minimum atomic E-state index is -0.512. The first kappa shape index (κ1) is 15.8. The van der Waals surface area contributed by atoms with Crippen LogP contribution in [0.5, 0.6) is 0 Å². The first-order chi connectivity index (χ1) is 12.2. The molecule has 0 saturated heterocycles. The van der Waals surface area contributed by atoms with Gasteiger partial charge >= 0.3 is 0 Å². The van der Waals surface area contributed by atoms with Gasteiger partial charge in [0.15, 0.2) is 5.65 Å². The van der Waals surface area contributed by atoms with Gasteiger partial charge < -0.3 is 10.4 Å². The van der Waals surface area contributed by atoms with Crippen LogP contribution in [0.4, 0.5) is 0 Å². The topological polar surface area (TPSA) is 79.5 Å². The van der Waals surface area contributed by atoms with Gasteiger partial charge in [-0.15, -0.1) is 0 Å². The average molecular weight is 336 g/mol. The Labute approximate surface area is 145 Å². The number of aliphatic hydroxyl groups is 1. The van der Waals surface area contributed by atoms with Gasteiger partial charge in [0.25, 0.3) is 5.91 Å². The number of carbonyl (C=O) groups is 1. The van der Waals surface area contributed by atoms with E-state index in [1.54, 1.807) is 16.9 Å². The van der Waals surface area contributed by atoms with Crippen LogP contribution < -0.4 is 5.32 Å². The molecule has 0 bridgehead atoms. The maximum Gasteiger partial charge on any atom is 0.257 e. The smallest absolute Gasteiger partial charge is 0.257 e. The predicted molar refractivity (Wildman–Crippen MR) is 94.2 cm³/mol. The van der Waals surface area contributed by atoms with Crippen molar-refractivity contribution in [2.24, 2.45) is 0 Å². The van der Waals surface area contributed by atoms with Crippen molar-refractivity contribution in [3.8, 4) is 11.3 Å². The van der Waals surface area contributed by atoms with Gasteiger partial charge in [-0.3, -0.25) is 4.79 Å². The van der Waals surface area contributed by atoms with E-state index in [0.717, 1.165) is 36.9 Å². The van der Waals surface area contributed by atoms with Crippen LogP contribution in [0.2, 0.25) is 0 Å². The van der Waals surface area contributed by atoms with Gasteiger partial charge in [-0.1, -0.05) is 43.2 Å². The molecule has 6 nitrogen and oxygen atoms in total. The highest BCUT2D eigenvalue weighted by Crippen LogP contribution is 2.30. The first-order valence-corrected chi connectivity index (χ1v) is 8.54. The maximum atomic E-state index is 12.8. The highest BCUT2D eigenvalue weighted by molar-refractivity contribution is 6.00. The Kier molecular flexibility index (Phi) is 3.97. The molecule has 0 unspecified atom stereocenters. The fourth-order valence-electron chi connectivity index (χ4n) is 3.56. The second kappa shape index (κ2) is 6.29. The van der Waals surface area contributed by atoms with Crippen LogP contribution >= 0.6 is 0 Å². The second-order valence-corrected chi connectivity index (χ2v) is 6.59.